The molecule has 9 nitrogen and oxygen atoms in total. The quantitative estimate of drug-likeness (QED) is 0.321. The molecule has 11 heteroatoms. The largest absolute Gasteiger partial charge is 0.490 e. The summed E-state index contributed by atoms with van der Waals surface area (Å²) in [6.07, 6.45) is 10.6. The molecule has 8 atom stereocenters. The molecule has 0 aromatic heterocycles. The van der Waals surface area contributed by atoms with Crippen LogP contribution in [-0.4, -0.2) is 115 Å². The molecule has 3 fully saturated rings. The molecule has 288 valence electrons. The third kappa shape index (κ3) is 7.17. The first-order valence-corrected chi connectivity index (χ1v) is 21.9. The molecule has 6 aliphatic rings. The normalized spacial score (nSPS) is 37.2. The van der Waals surface area contributed by atoms with E-state index < -0.39 is 15.3 Å². The Bertz CT molecular complexity index is 1840. The van der Waals surface area contributed by atoms with Gasteiger partial charge in [-0.1, -0.05) is 36.7 Å². The number of halogens is 1. The number of anilines is 1. The van der Waals surface area contributed by atoms with Crippen LogP contribution in [0.2, 0.25) is 5.02 Å². The first-order chi connectivity index (χ1) is 25.5. The van der Waals surface area contributed by atoms with Crippen molar-refractivity contribution in [1.82, 2.24) is 14.5 Å². The molecule has 2 aromatic rings. The number of nitrogens with zero attached hydrogens (tertiary/aromatic N) is 3. The number of benzene rings is 2. The number of hydrogen-bond acceptors (Lipinski definition) is 8. The monoisotopic (exact) mass is 764 g/mol. The zero-order valence-electron chi connectivity index (χ0n) is 31.7. The van der Waals surface area contributed by atoms with E-state index in [9.17, 15) is 9.00 Å². The maximum Gasteiger partial charge on any atom is 0.262 e. The van der Waals surface area contributed by atoms with Crippen LogP contribution in [-0.2, 0) is 31.0 Å². The number of amides is 1. The number of piperazine rings is 1. The van der Waals surface area contributed by atoms with E-state index in [2.05, 4.69) is 56.5 Å². The van der Waals surface area contributed by atoms with Gasteiger partial charge in [0.05, 0.1) is 35.2 Å². The van der Waals surface area contributed by atoms with Crippen LogP contribution in [0.25, 0.3) is 0 Å². The first kappa shape index (κ1) is 37.3. The topological polar surface area (TPSA) is 83.6 Å². The Morgan fingerprint density at radius 1 is 1.11 bits per heavy atom. The SMILES string of the molecule is C=S1(=O)NC(=O)c2ccc3c(c2)N(C[C@@H]2CC[C@H]2[C@](CN2CCN4CCOC[C@@H]4C2)(OC)/C=C/C[C@H](C)[C@H]1C)C[C@@]1(CCCc2cc(Cl)ccc21)CO3. The highest BCUT2D eigenvalue weighted by Crippen LogP contribution is 2.49. The lowest BCUT2D eigenvalue weighted by atomic mass is 9.63. The van der Waals surface area contributed by atoms with E-state index in [0.717, 1.165) is 108 Å². The number of carbonyl (C=O) groups excluding carboxylic acids is 1. The van der Waals surface area contributed by atoms with Crippen molar-refractivity contribution in [2.75, 3.05) is 77.6 Å². The van der Waals surface area contributed by atoms with Crippen LogP contribution in [0.4, 0.5) is 5.69 Å². The molecule has 2 saturated heterocycles. The van der Waals surface area contributed by atoms with Gasteiger partial charge < -0.3 is 19.1 Å². The van der Waals surface area contributed by atoms with Gasteiger partial charge in [0, 0.05) is 80.2 Å². The molecule has 1 N–H and O–H groups in total. The maximum absolute atomic E-state index is 14.1. The molecule has 1 saturated carbocycles. The second kappa shape index (κ2) is 14.8. The van der Waals surface area contributed by atoms with E-state index >= 15 is 0 Å². The highest BCUT2D eigenvalue weighted by atomic mass is 35.5. The fourth-order valence-corrected chi connectivity index (χ4v) is 11.9. The third-order valence-corrected chi connectivity index (χ3v) is 16.2. The summed E-state index contributed by atoms with van der Waals surface area (Å²) in [6.45, 7) is 12.6. The average Bonchev–Trinajstić information content (AvgIpc) is 3.28. The van der Waals surface area contributed by atoms with Gasteiger partial charge in [0.25, 0.3) is 5.91 Å². The Hall–Kier alpha value is -2.60. The van der Waals surface area contributed by atoms with Crippen LogP contribution in [0.15, 0.2) is 48.6 Å². The first-order valence-electron chi connectivity index (χ1n) is 19.7. The van der Waals surface area contributed by atoms with Crippen molar-refractivity contribution in [3.63, 3.8) is 0 Å². The number of fused-ring (bicyclic) bond motifs is 5. The van der Waals surface area contributed by atoms with Gasteiger partial charge in [-0.3, -0.25) is 19.3 Å². The predicted molar refractivity (Wildman–Crippen MR) is 214 cm³/mol. The van der Waals surface area contributed by atoms with Gasteiger partial charge in [0.1, 0.15) is 11.4 Å². The van der Waals surface area contributed by atoms with E-state index in [-0.39, 0.29) is 22.5 Å². The number of methoxy groups -OCH3 is 1. The van der Waals surface area contributed by atoms with Crippen LogP contribution in [0.5, 0.6) is 5.75 Å². The predicted octanol–water partition coefficient (Wildman–Crippen LogP) is 5.59. The molecule has 53 heavy (non-hydrogen) atoms. The summed E-state index contributed by atoms with van der Waals surface area (Å²) < 4.78 is 36.4. The number of hydrogen-bond donors (Lipinski definition) is 1. The highest BCUT2D eigenvalue weighted by molar-refractivity contribution is 7.99. The smallest absolute Gasteiger partial charge is 0.262 e. The van der Waals surface area contributed by atoms with Crippen molar-refractivity contribution in [3.05, 3.63) is 70.3 Å². The lowest BCUT2D eigenvalue weighted by Crippen LogP contribution is -2.62. The van der Waals surface area contributed by atoms with Gasteiger partial charge in [-0.25, -0.2) is 4.21 Å². The summed E-state index contributed by atoms with van der Waals surface area (Å²) in [5, 5.41) is 0.431. The number of nitrogens with one attached hydrogen (secondary N) is 1. The summed E-state index contributed by atoms with van der Waals surface area (Å²) in [5.74, 6) is 5.19. The fourth-order valence-electron chi connectivity index (χ4n) is 10.2. The van der Waals surface area contributed by atoms with Gasteiger partial charge in [-0.15, -0.1) is 0 Å². The number of aryl methyl sites for hydroxylation is 1. The van der Waals surface area contributed by atoms with Crippen molar-refractivity contribution in [3.8, 4) is 5.75 Å². The van der Waals surface area contributed by atoms with Gasteiger partial charge >= 0.3 is 0 Å². The highest BCUT2D eigenvalue weighted by Gasteiger charge is 2.50. The van der Waals surface area contributed by atoms with Crippen molar-refractivity contribution >= 4 is 38.8 Å². The molecule has 2 aromatic carbocycles. The second-order valence-corrected chi connectivity index (χ2v) is 19.7. The lowest BCUT2D eigenvalue weighted by molar-refractivity contribution is -0.108. The van der Waals surface area contributed by atoms with Crippen LogP contribution >= 0.6 is 11.6 Å². The molecule has 1 amide bonds. The zero-order chi connectivity index (χ0) is 37.0. The zero-order valence-corrected chi connectivity index (χ0v) is 33.3. The minimum absolute atomic E-state index is 0.0273. The van der Waals surface area contributed by atoms with E-state index in [4.69, 9.17) is 25.8 Å². The van der Waals surface area contributed by atoms with Crippen molar-refractivity contribution in [2.24, 2.45) is 17.8 Å². The second-order valence-electron chi connectivity index (χ2n) is 16.9. The molecule has 4 aliphatic heterocycles. The van der Waals surface area contributed by atoms with Crippen LogP contribution in [0.3, 0.4) is 0 Å². The molecule has 4 heterocycles. The Balaban J connectivity index is 1.19. The Kier molecular flexibility index (Phi) is 10.4. The summed E-state index contributed by atoms with van der Waals surface area (Å²) in [6, 6.07) is 12.4. The summed E-state index contributed by atoms with van der Waals surface area (Å²) in [7, 11) is -1.07. The Morgan fingerprint density at radius 3 is 2.79 bits per heavy atom. The maximum atomic E-state index is 14.1. The van der Waals surface area contributed by atoms with Gasteiger partial charge in [0.2, 0.25) is 0 Å². The van der Waals surface area contributed by atoms with E-state index in [1.807, 2.05) is 32.2 Å². The molecule has 1 spiro atoms. The van der Waals surface area contributed by atoms with Crippen LogP contribution < -0.4 is 14.4 Å². The number of allylic oxidation sites excluding steroid dienone is 1. The number of morpholine rings is 1. The lowest BCUT2D eigenvalue weighted by Gasteiger charge is -2.53. The van der Waals surface area contributed by atoms with E-state index in [1.54, 1.807) is 6.07 Å². The summed E-state index contributed by atoms with van der Waals surface area (Å²) in [4.78, 5) is 21.5. The fraction of sp³-hybridized carbons (Fsp3) is 0.619. The molecular weight excluding hydrogens is 708 g/mol. The molecule has 2 aliphatic carbocycles. The minimum atomic E-state index is -2.96. The van der Waals surface area contributed by atoms with Crippen molar-refractivity contribution in [2.45, 2.75) is 74.7 Å². The summed E-state index contributed by atoms with van der Waals surface area (Å²) in [5.41, 5.74) is 3.28. The molecular formula is C42H57ClN4O5S. The Labute approximate surface area is 321 Å². The minimum Gasteiger partial charge on any atom is -0.490 e. The molecule has 0 radical (unpaired) electrons. The Morgan fingerprint density at radius 2 is 1.98 bits per heavy atom. The molecule has 8 rings (SSSR count). The van der Waals surface area contributed by atoms with Gasteiger partial charge in [-0.05, 0) is 111 Å². The standard InChI is InChI=1S/C42H57ClN4O5S/c1-29-7-5-16-42(50-3,27-45-17-18-46-19-20-51-25-35(46)24-45)37-12-9-33(37)23-47-26-41(15-6-8-31-21-34(43)11-13-36(31)41)28-52-39-14-10-32(22-38(39)47)40(48)44-53(4,49)30(29)2/h5,10-11,13-14,16,21-22,29-30,33,35,37H,4,6-9,12,15,17-20,23-28H2,1-3H3,(H,44,48,49)/b16-5+/t29-,30+,33-,35-,37+,41-,42-,53?/m0/s1. The number of rotatable bonds is 3. The van der Waals surface area contributed by atoms with Crippen molar-refractivity contribution in [1.29, 1.82) is 0 Å². The molecule has 1 unspecified atom stereocenters. The van der Waals surface area contributed by atoms with Crippen LogP contribution in [0, 0.1) is 17.8 Å². The average molecular weight is 765 g/mol. The van der Waals surface area contributed by atoms with Gasteiger partial charge in [-0.2, -0.15) is 0 Å². The number of ether oxygens (including phenoxy) is 3. The number of carbonyl (C=O) groups is 1. The van der Waals surface area contributed by atoms with E-state index in [0.29, 0.717) is 36.5 Å². The van der Waals surface area contributed by atoms with Crippen LogP contribution in [0.1, 0.15) is 67.4 Å². The summed E-state index contributed by atoms with van der Waals surface area (Å²) >= 11 is 6.53. The molecule has 2 bridgehead atoms. The van der Waals surface area contributed by atoms with E-state index in [1.165, 1.54) is 11.1 Å². The van der Waals surface area contributed by atoms with Gasteiger partial charge in [0.15, 0.2) is 0 Å². The third-order valence-electron chi connectivity index (χ3n) is 13.7. The van der Waals surface area contributed by atoms with Crippen molar-refractivity contribution < 1.29 is 23.2 Å².